The second-order valence-corrected chi connectivity index (χ2v) is 5.40. The highest BCUT2D eigenvalue weighted by molar-refractivity contribution is 5.63. The molecule has 0 aromatic carbocycles. The Morgan fingerprint density at radius 2 is 1.69 bits per heavy atom. The van der Waals surface area contributed by atoms with Crippen LogP contribution in [0.1, 0.15) is 46.0 Å². The molecule has 74 valence electrons. The maximum Gasteiger partial charge on any atom is 0.0477 e. The van der Waals surface area contributed by atoms with Crippen molar-refractivity contribution in [1.82, 2.24) is 0 Å². The average molecular weight is 181 g/mol. The van der Waals surface area contributed by atoms with Gasteiger partial charge in [-0.2, -0.15) is 0 Å². The molecule has 2 rings (SSSR count). The third-order valence-electron chi connectivity index (χ3n) is 4.48. The van der Waals surface area contributed by atoms with E-state index in [2.05, 4.69) is 19.0 Å². The molecule has 0 heterocycles. The van der Waals surface area contributed by atoms with Crippen LogP contribution in [0.3, 0.4) is 0 Å². The Kier molecular flexibility index (Phi) is 1.90. The molecular formula is C11H19NO. The van der Waals surface area contributed by atoms with Gasteiger partial charge < -0.3 is 5.21 Å². The van der Waals surface area contributed by atoms with Crippen LogP contribution < -0.4 is 0 Å². The number of oxime groups is 1. The summed E-state index contributed by atoms with van der Waals surface area (Å²) in [7, 11) is 0. The standard InChI is InChI=1S/C11H19NO/c1-10-4-3-5-11(2,7-6-10)9(10)8-12-13/h8-9,13H,3-7H2,1-2H3/b12-8-. The van der Waals surface area contributed by atoms with Gasteiger partial charge in [0.25, 0.3) is 0 Å². The van der Waals surface area contributed by atoms with E-state index in [1.54, 1.807) is 6.21 Å². The lowest BCUT2D eigenvalue weighted by atomic mass is 9.63. The highest BCUT2D eigenvalue weighted by Crippen LogP contribution is 2.61. The molecule has 2 atom stereocenters. The van der Waals surface area contributed by atoms with Gasteiger partial charge in [-0.1, -0.05) is 20.3 Å². The van der Waals surface area contributed by atoms with Crippen molar-refractivity contribution in [2.75, 3.05) is 0 Å². The van der Waals surface area contributed by atoms with Gasteiger partial charge in [0.05, 0.1) is 0 Å². The second kappa shape index (κ2) is 2.73. The van der Waals surface area contributed by atoms with Crippen molar-refractivity contribution in [3.63, 3.8) is 0 Å². The first-order valence-electron chi connectivity index (χ1n) is 5.28. The van der Waals surface area contributed by atoms with E-state index in [1.807, 2.05) is 0 Å². The van der Waals surface area contributed by atoms with E-state index in [9.17, 15) is 0 Å². The Balaban J connectivity index is 2.31. The fourth-order valence-corrected chi connectivity index (χ4v) is 3.61. The fraction of sp³-hybridized carbons (Fsp3) is 0.909. The molecule has 0 aromatic rings. The zero-order chi connectivity index (χ0) is 9.53. The van der Waals surface area contributed by atoms with Crippen molar-refractivity contribution in [1.29, 1.82) is 0 Å². The Morgan fingerprint density at radius 3 is 2.15 bits per heavy atom. The fourth-order valence-electron chi connectivity index (χ4n) is 3.61. The molecular weight excluding hydrogens is 162 g/mol. The quantitative estimate of drug-likeness (QED) is 0.376. The van der Waals surface area contributed by atoms with Crippen LogP contribution in [0.5, 0.6) is 0 Å². The average Bonchev–Trinajstić information content (AvgIpc) is 2.26. The van der Waals surface area contributed by atoms with E-state index in [0.717, 1.165) is 0 Å². The molecule has 0 saturated heterocycles. The SMILES string of the molecule is CC12CCCC(C)(CC1)C2/C=N\O. The molecule has 0 amide bonds. The minimum Gasteiger partial charge on any atom is -0.411 e. The van der Waals surface area contributed by atoms with Gasteiger partial charge in [0.2, 0.25) is 0 Å². The molecule has 13 heavy (non-hydrogen) atoms. The van der Waals surface area contributed by atoms with Crippen LogP contribution >= 0.6 is 0 Å². The summed E-state index contributed by atoms with van der Waals surface area (Å²) in [6, 6.07) is 0. The van der Waals surface area contributed by atoms with E-state index in [4.69, 9.17) is 5.21 Å². The van der Waals surface area contributed by atoms with Gasteiger partial charge in [0.1, 0.15) is 0 Å². The van der Waals surface area contributed by atoms with E-state index in [1.165, 1.54) is 32.1 Å². The molecule has 1 N–H and O–H groups in total. The molecule has 2 aliphatic carbocycles. The minimum atomic E-state index is 0.416. The topological polar surface area (TPSA) is 32.6 Å². The zero-order valence-electron chi connectivity index (χ0n) is 8.58. The lowest BCUT2D eigenvalue weighted by molar-refractivity contribution is 0.117. The first-order valence-corrected chi connectivity index (χ1v) is 5.28. The van der Waals surface area contributed by atoms with Crippen molar-refractivity contribution >= 4 is 6.21 Å². The van der Waals surface area contributed by atoms with Gasteiger partial charge in [-0.05, 0) is 36.5 Å². The lowest BCUT2D eigenvalue weighted by Crippen LogP contribution is -2.36. The van der Waals surface area contributed by atoms with Gasteiger partial charge >= 0.3 is 0 Å². The lowest BCUT2D eigenvalue weighted by Gasteiger charge is -2.42. The molecule has 0 radical (unpaired) electrons. The normalized spacial score (nSPS) is 50.2. The Morgan fingerprint density at radius 1 is 1.15 bits per heavy atom. The van der Waals surface area contributed by atoms with Crippen LogP contribution in [0.2, 0.25) is 0 Å². The molecule has 2 unspecified atom stereocenters. The predicted molar refractivity (Wildman–Crippen MR) is 53.1 cm³/mol. The molecule has 0 spiro atoms. The number of rotatable bonds is 1. The summed E-state index contributed by atoms with van der Waals surface area (Å²) in [5.74, 6) is 0.499. The van der Waals surface area contributed by atoms with Crippen LogP contribution in [-0.4, -0.2) is 11.4 Å². The largest absolute Gasteiger partial charge is 0.411 e. The van der Waals surface area contributed by atoms with E-state index in [-0.39, 0.29) is 0 Å². The number of hydrogen-bond donors (Lipinski definition) is 1. The molecule has 2 saturated carbocycles. The molecule has 2 aliphatic rings. The molecule has 0 aromatic heterocycles. The summed E-state index contributed by atoms with van der Waals surface area (Å²) in [6.45, 7) is 4.70. The highest BCUT2D eigenvalue weighted by Gasteiger charge is 2.53. The number of hydrogen-bond acceptors (Lipinski definition) is 2. The van der Waals surface area contributed by atoms with Crippen LogP contribution in [0.4, 0.5) is 0 Å². The summed E-state index contributed by atoms with van der Waals surface area (Å²) < 4.78 is 0. The predicted octanol–water partition coefficient (Wildman–Crippen LogP) is 3.05. The molecule has 2 nitrogen and oxygen atoms in total. The Hall–Kier alpha value is -0.530. The third-order valence-corrected chi connectivity index (χ3v) is 4.48. The van der Waals surface area contributed by atoms with Crippen LogP contribution in [0.15, 0.2) is 5.16 Å². The highest BCUT2D eigenvalue weighted by atomic mass is 16.4. The summed E-state index contributed by atoms with van der Waals surface area (Å²) in [6.07, 6.45) is 8.36. The van der Waals surface area contributed by atoms with Crippen LogP contribution in [-0.2, 0) is 0 Å². The maximum absolute atomic E-state index is 8.68. The van der Waals surface area contributed by atoms with Crippen molar-refractivity contribution in [2.24, 2.45) is 21.9 Å². The molecule has 2 fully saturated rings. The van der Waals surface area contributed by atoms with Crippen LogP contribution in [0.25, 0.3) is 0 Å². The van der Waals surface area contributed by atoms with E-state index in [0.29, 0.717) is 16.7 Å². The maximum atomic E-state index is 8.68. The van der Waals surface area contributed by atoms with Gasteiger partial charge in [-0.25, -0.2) is 0 Å². The van der Waals surface area contributed by atoms with Gasteiger partial charge in [0, 0.05) is 12.1 Å². The van der Waals surface area contributed by atoms with Gasteiger partial charge in [-0.3, -0.25) is 0 Å². The van der Waals surface area contributed by atoms with Crippen molar-refractivity contribution in [3.05, 3.63) is 0 Å². The van der Waals surface area contributed by atoms with E-state index < -0.39 is 0 Å². The Bertz CT molecular complexity index is 220. The summed E-state index contributed by atoms with van der Waals surface area (Å²) >= 11 is 0. The van der Waals surface area contributed by atoms with Crippen LogP contribution in [0, 0.1) is 16.7 Å². The van der Waals surface area contributed by atoms with E-state index >= 15 is 0 Å². The second-order valence-electron chi connectivity index (χ2n) is 5.40. The first kappa shape index (κ1) is 9.04. The van der Waals surface area contributed by atoms with Crippen molar-refractivity contribution < 1.29 is 5.21 Å². The monoisotopic (exact) mass is 181 g/mol. The Labute approximate surface area is 80.0 Å². The zero-order valence-corrected chi connectivity index (χ0v) is 8.58. The van der Waals surface area contributed by atoms with Crippen molar-refractivity contribution in [3.8, 4) is 0 Å². The summed E-state index contributed by atoms with van der Waals surface area (Å²) in [5, 5.41) is 11.9. The van der Waals surface area contributed by atoms with Gasteiger partial charge in [0.15, 0.2) is 0 Å². The minimum absolute atomic E-state index is 0.416. The molecule has 0 aliphatic heterocycles. The number of nitrogens with zero attached hydrogens (tertiary/aromatic N) is 1. The third kappa shape index (κ3) is 1.18. The smallest absolute Gasteiger partial charge is 0.0477 e. The van der Waals surface area contributed by atoms with Gasteiger partial charge in [-0.15, -0.1) is 5.16 Å². The van der Waals surface area contributed by atoms with Crippen molar-refractivity contribution in [2.45, 2.75) is 46.0 Å². The summed E-state index contributed by atoms with van der Waals surface area (Å²) in [4.78, 5) is 0. The number of fused-ring (bicyclic) bond motifs is 2. The molecule has 2 heteroatoms. The molecule has 2 bridgehead atoms. The first-order chi connectivity index (χ1) is 6.11. The summed E-state index contributed by atoms with van der Waals surface area (Å²) in [5.41, 5.74) is 0.832.